The molecule has 0 unspecified atom stereocenters. The number of hydrogen-bond donors (Lipinski definition) is 0. The van der Waals surface area contributed by atoms with Gasteiger partial charge in [0, 0.05) is 10.5 Å². The van der Waals surface area contributed by atoms with Crippen LogP contribution in [0.15, 0.2) is 57.9 Å². The summed E-state index contributed by atoms with van der Waals surface area (Å²) in [5.74, 6) is -0.868. The number of benzene rings is 2. The van der Waals surface area contributed by atoms with Gasteiger partial charge >= 0.3 is 5.97 Å². The van der Waals surface area contributed by atoms with Crippen molar-refractivity contribution in [2.24, 2.45) is 0 Å². The van der Waals surface area contributed by atoms with E-state index in [-0.39, 0.29) is 10.6 Å². The van der Waals surface area contributed by atoms with Crippen LogP contribution in [-0.4, -0.2) is 20.9 Å². The van der Waals surface area contributed by atoms with Gasteiger partial charge in [0.2, 0.25) is 0 Å². The van der Waals surface area contributed by atoms with Crippen LogP contribution in [0, 0.1) is 10.1 Å². The first-order chi connectivity index (χ1) is 10.5. The summed E-state index contributed by atoms with van der Waals surface area (Å²) in [6.07, 6.45) is 0. The van der Waals surface area contributed by atoms with Crippen LogP contribution in [0.1, 0.15) is 0 Å². The third-order valence-corrected chi connectivity index (χ3v) is 4.46. The van der Waals surface area contributed by atoms with E-state index in [1.807, 2.05) is 0 Å². The number of hydrogen-bond acceptors (Lipinski definition) is 5. The van der Waals surface area contributed by atoms with E-state index in [1.54, 1.807) is 24.3 Å². The van der Waals surface area contributed by atoms with Gasteiger partial charge in [0.05, 0.1) is 15.7 Å². The number of nitrogens with zero attached hydrogens (tertiary/aromatic N) is 1. The van der Waals surface area contributed by atoms with E-state index >= 15 is 0 Å². The lowest BCUT2D eigenvalue weighted by atomic mass is 10.3. The Kier molecular flexibility index (Phi) is 5.40. The SMILES string of the molecule is O=C(C[S@](=O)c1ccccc1[N+](=O)[O-])Oc1ccc(Br)cc1. The van der Waals surface area contributed by atoms with Crippen LogP contribution in [0.4, 0.5) is 5.69 Å². The fourth-order valence-electron chi connectivity index (χ4n) is 1.65. The van der Waals surface area contributed by atoms with Gasteiger partial charge in [-0.1, -0.05) is 28.1 Å². The molecule has 6 nitrogen and oxygen atoms in total. The number of carbonyl (C=O) groups is 1. The van der Waals surface area contributed by atoms with Gasteiger partial charge in [0.1, 0.15) is 16.4 Å². The fourth-order valence-corrected chi connectivity index (χ4v) is 2.95. The highest BCUT2D eigenvalue weighted by molar-refractivity contribution is 9.10. The second-order valence-corrected chi connectivity index (χ2v) is 6.48. The molecule has 8 heteroatoms. The zero-order chi connectivity index (χ0) is 16.1. The van der Waals surface area contributed by atoms with Gasteiger partial charge in [0.15, 0.2) is 0 Å². The molecule has 0 bridgehead atoms. The van der Waals surface area contributed by atoms with Crippen molar-refractivity contribution in [2.75, 3.05) is 5.75 Å². The molecule has 0 aliphatic rings. The number of carbonyl (C=O) groups excluding carboxylic acids is 1. The molecular formula is C14H10BrNO5S. The topological polar surface area (TPSA) is 86.5 Å². The van der Waals surface area contributed by atoms with E-state index < -0.39 is 27.4 Å². The average Bonchev–Trinajstić information content (AvgIpc) is 2.49. The summed E-state index contributed by atoms with van der Waals surface area (Å²) in [5, 5.41) is 10.9. The van der Waals surface area contributed by atoms with Crippen LogP contribution in [0.2, 0.25) is 0 Å². The summed E-state index contributed by atoms with van der Waals surface area (Å²) < 4.78 is 18.0. The minimum absolute atomic E-state index is 0.000237. The molecule has 0 fully saturated rings. The monoisotopic (exact) mass is 383 g/mol. The third kappa shape index (κ3) is 4.22. The molecule has 0 saturated carbocycles. The number of esters is 1. The van der Waals surface area contributed by atoms with Gasteiger partial charge in [-0.2, -0.15) is 0 Å². The lowest BCUT2D eigenvalue weighted by molar-refractivity contribution is -0.387. The third-order valence-electron chi connectivity index (χ3n) is 2.60. The summed E-state index contributed by atoms with van der Waals surface area (Å²) in [6, 6.07) is 12.2. The molecule has 0 saturated heterocycles. The van der Waals surface area contributed by atoms with Crippen molar-refractivity contribution in [2.45, 2.75) is 4.90 Å². The maximum absolute atomic E-state index is 12.1. The van der Waals surface area contributed by atoms with E-state index in [1.165, 1.54) is 24.3 Å². The minimum atomic E-state index is -1.85. The minimum Gasteiger partial charge on any atom is -0.426 e. The van der Waals surface area contributed by atoms with Gasteiger partial charge in [-0.25, -0.2) is 0 Å². The smallest absolute Gasteiger partial charge is 0.324 e. The normalized spacial score (nSPS) is 11.7. The van der Waals surface area contributed by atoms with Gasteiger partial charge in [-0.05, 0) is 30.3 Å². The molecule has 0 aromatic heterocycles. The number of nitro benzene ring substituents is 1. The Hall–Kier alpha value is -2.06. The quantitative estimate of drug-likeness (QED) is 0.342. The van der Waals surface area contributed by atoms with Gasteiger partial charge in [-0.3, -0.25) is 19.1 Å². The van der Waals surface area contributed by atoms with Crippen molar-refractivity contribution in [3.8, 4) is 5.75 Å². The maximum Gasteiger partial charge on any atom is 0.324 e. The zero-order valence-electron chi connectivity index (χ0n) is 11.1. The first kappa shape index (κ1) is 16.3. The summed E-state index contributed by atoms with van der Waals surface area (Å²) in [5.41, 5.74) is -0.280. The van der Waals surface area contributed by atoms with Crippen LogP contribution < -0.4 is 4.74 Å². The van der Waals surface area contributed by atoms with Gasteiger partial charge < -0.3 is 4.74 Å². The molecule has 0 spiro atoms. The lowest BCUT2D eigenvalue weighted by Gasteiger charge is -2.05. The number of para-hydroxylation sites is 1. The highest BCUT2D eigenvalue weighted by Gasteiger charge is 2.21. The van der Waals surface area contributed by atoms with Crippen LogP contribution in [0.3, 0.4) is 0 Å². The standard InChI is InChI=1S/C14H10BrNO5S/c15-10-5-7-11(8-6-10)21-14(17)9-22(20)13-4-2-1-3-12(13)16(18)19/h1-8H,9H2/t22-/m0/s1. The van der Waals surface area contributed by atoms with Crippen LogP contribution >= 0.6 is 15.9 Å². The highest BCUT2D eigenvalue weighted by Crippen LogP contribution is 2.22. The van der Waals surface area contributed by atoms with E-state index in [0.717, 1.165) is 4.47 Å². The Morgan fingerprint density at radius 3 is 2.45 bits per heavy atom. The molecule has 0 radical (unpaired) electrons. The summed E-state index contributed by atoms with van der Waals surface area (Å²) in [6.45, 7) is 0. The summed E-state index contributed by atoms with van der Waals surface area (Å²) in [4.78, 5) is 22.0. The van der Waals surface area contributed by atoms with E-state index in [4.69, 9.17) is 4.74 Å². The molecule has 0 N–H and O–H groups in total. The highest BCUT2D eigenvalue weighted by atomic mass is 79.9. The van der Waals surface area contributed by atoms with E-state index in [2.05, 4.69) is 15.9 Å². The van der Waals surface area contributed by atoms with Crippen molar-refractivity contribution in [3.05, 3.63) is 63.1 Å². The summed E-state index contributed by atoms with van der Waals surface area (Å²) in [7, 11) is -1.85. The Bertz CT molecular complexity index is 732. The second-order valence-electron chi connectivity index (χ2n) is 4.14. The number of ether oxygens (including phenoxy) is 1. The molecule has 0 heterocycles. The first-order valence-corrected chi connectivity index (χ1v) is 8.16. The lowest BCUT2D eigenvalue weighted by Crippen LogP contribution is -2.17. The second kappa shape index (κ2) is 7.28. The molecule has 0 amide bonds. The Morgan fingerprint density at radius 2 is 1.82 bits per heavy atom. The van der Waals surface area contributed by atoms with Crippen molar-refractivity contribution >= 4 is 38.4 Å². The molecule has 2 aromatic rings. The van der Waals surface area contributed by atoms with E-state index in [0.29, 0.717) is 5.75 Å². The zero-order valence-corrected chi connectivity index (χ0v) is 13.5. The molecule has 22 heavy (non-hydrogen) atoms. The van der Waals surface area contributed by atoms with Crippen molar-refractivity contribution in [3.63, 3.8) is 0 Å². The van der Waals surface area contributed by atoms with Crippen LogP contribution in [0.5, 0.6) is 5.75 Å². The van der Waals surface area contributed by atoms with Crippen molar-refractivity contribution in [1.82, 2.24) is 0 Å². The predicted octanol–water partition coefficient (Wildman–Crippen LogP) is 3.07. The predicted molar refractivity (Wildman–Crippen MR) is 84.1 cm³/mol. The molecule has 2 aromatic carbocycles. The van der Waals surface area contributed by atoms with Gasteiger partial charge in [-0.15, -0.1) is 0 Å². The molecule has 1 atom stereocenters. The average molecular weight is 384 g/mol. The van der Waals surface area contributed by atoms with Crippen molar-refractivity contribution < 1.29 is 18.7 Å². The molecule has 2 rings (SSSR count). The molecule has 0 aliphatic heterocycles. The van der Waals surface area contributed by atoms with Crippen LogP contribution in [0.25, 0.3) is 0 Å². The Morgan fingerprint density at radius 1 is 1.18 bits per heavy atom. The number of nitro groups is 1. The van der Waals surface area contributed by atoms with Crippen LogP contribution in [-0.2, 0) is 15.6 Å². The number of rotatable bonds is 5. The van der Waals surface area contributed by atoms with E-state index in [9.17, 15) is 19.1 Å². The summed E-state index contributed by atoms with van der Waals surface area (Å²) >= 11 is 3.25. The van der Waals surface area contributed by atoms with Crippen molar-refractivity contribution in [1.29, 1.82) is 0 Å². The Labute approximate surface area is 136 Å². The molecular weight excluding hydrogens is 374 g/mol. The largest absolute Gasteiger partial charge is 0.426 e. The first-order valence-electron chi connectivity index (χ1n) is 6.05. The molecule has 114 valence electrons. The number of halogens is 1. The fraction of sp³-hybridized carbons (Fsp3) is 0.0714. The Balaban J connectivity index is 2.07. The maximum atomic E-state index is 12.1. The molecule has 0 aliphatic carbocycles. The van der Waals surface area contributed by atoms with Gasteiger partial charge in [0.25, 0.3) is 5.69 Å².